The average Bonchev–Trinajstić information content (AvgIpc) is 2.81. The van der Waals surface area contributed by atoms with Crippen LogP contribution in [-0.4, -0.2) is 36.8 Å². The fraction of sp³-hybridized carbons (Fsp3) is 0.400. The van der Waals surface area contributed by atoms with Crippen molar-refractivity contribution in [1.29, 1.82) is 0 Å². The Balaban J connectivity index is 2.72. The number of rotatable bonds is 4. The zero-order valence-electron chi connectivity index (χ0n) is 10.7. The molecule has 0 bridgehead atoms. The fourth-order valence-electron chi connectivity index (χ4n) is 1.95. The average molecular weight is 266 g/mol. The molecule has 0 N–H and O–H groups in total. The summed E-state index contributed by atoms with van der Waals surface area (Å²) in [6.45, 7) is 4.18. The summed E-state index contributed by atoms with van der Waals surface area (Å²) in [5, 5.41) is 0. The maximum atomic E-state index is 14.2. The van der Waals surface area contributed by atoms with E-state index in [0.29, 0.717) is 11.0 Å². The van der Waals surface area contributed by atoms with Gasteiger partial charge in [0.2, 0.25) is 0 Å². The van der Waals surface area contributed by atoms with Crippen molar-refractivity contribution in [3.8, 4) is 0 Å². The van der Waals surface area contributed by atoms with Crippen LogP contribution in [0.5, 0.6) is 0 Å². The normalized spacial score (nSPS) is 10.9. The lowest BCUT2D eigenvalue weighted by molar-refractivity contribution is 0.291. The van der Waals surface area contributed by atoms with Gasteiger partial charge in [-0.2, -0.15) is 8.75 Å². The lowest BCUT2D eigenvalue weighted by atomic mass is 9.49. The molecule has 0 aliphatic rings. The third-order valence-corrected chi connectivity index (χ3v) is 3.37. The molecule has 4 nitrogen and oxygen atoms in total. The van der Waals surface area contributed by atoms with Gasteiger partial charge in [0.15, 0.2) is 6.71 Å². The first-order chi connectivity index (χ1) is 8.60. The van der Waals surface area contributed by atoms with E-state index in [0.717, 1.165) is 22.7 Å². The van der Waals surface area contributed by atoms with E-state index in [1.165, 1.54) is 20.3 Å². The van der Waals surface area contributed by atoms with Crippen LogP contribution in [0.25, 0.3) is 11.0 Å². The Hall–Kier alpha value is -0.980. The molecule has 0 amide bonds. The van der Waals surface area contributed by atoms with Crippen LogP contribution in [0.4, 0.5) is 4.39 Å². The number of benzene rings is 1. The van der Waals surface area contributed by atoms with Crippen molar-refractivity contribution >= 4 is 47.5 Å². The van der Waals surface area contributed by atoms with E-state index >= 15 is 0 Å². The molecular weight excluding hydrogens is 253 g/mol. The minimum absolute atomic E-state index is 0.184. The molecule has 0 atom stereocenters. The van der Waals surface area contributed by atoms with Gasteiger partial charge < -0.3 is 9.31 Å². The highest BCUT2D eigenvalue weighted by Gasteiger charge is 2.29. The highest BCUT2D eigenvalue weighted by molar-refractivity contribution is 7.00. The van der Waals surface area contributed by atoms with Crippen LogP contribution in [0.3, 0.4) is 0 Å². The molecule has 18 heavy (non-hydrogen) atoms. The molecule has 0 saturated heterocycles. The highest BCUT2D eigenvalue weighted by atomic mass is 32.1. The third-order valence-electron chi connectivity index (χ3n) is 2.84. The number of halogens is 1. The molecule has 0 fully saturated rings. The van der Waals surface area contributed by atoms with E-state index in [2.05, 4.69) is 8.75 Å². The van der Waals surface area contributed by atoms with E-state index in [9.17, 15) is 4.39 Å². The van der Waals surface area contributed by atoms with Gasteiger partial charge in [0.05, 0.1) is 17.2 Å². The standard InChI is InChI=1S/C10H13B2FN2O2S/c1-11(2)6-5-7(13)8(12(16-3)17-4)10-9(6)14-18-15-10/h5H,1-4H3. The second kappa shape index (κ2) is 5.34. The lowest BCUT2D eigenvalue weighted by Crippen LogP contribution is -2.40. The van der Waals surface area contributed by atoms with Crippen molar-refractivity contribution < 1.29 is 13.7 Å². The van der Waals surface area contributed by atoms with Gasteiger partial charge in [-0.05, 0) is 11.5 Å². The van der Waals surface area contributed by atoms with Gasteiger partial charge in [0.25, 0.3) is 0 Å². The summed E-state index contributed by atoms with van der Waals surface area (Å²) in [6.07, 6.45) is 0. The smallest absolute Gasteiger partial charge is 0.410 e. The summed E-state index contributed by atoms with van der Waals surface area (Å²) in [5.74, 6) is -0.368. The summed E-state index contributed by atoms with van der Waals surface area (Å²) < 4.78 is 32.9. The van der Waals surface area contributed by atoms with Crippen molar-refractivity contribution in [1.82, 2.24) is 8.75 Å². The fourth-order valence-corrected chi connectivity index (χ4v) is 2.53. The van der Waals surface area contributed by atoms with E-state index < -0.39 is 7.12 Å². The van der Waals surface area contributed by atoms with Gasteiger partial charge >= 0.3 is 7.12 Å². The summed E-state index contributed by atoms with van der Waals surface area (Å²) in [4.78, 5) is 0. The molecule has 0 saturated carbocycles. The molecule has 1 aromatic carbocycles. The molecule has 1 aromatic heterocycles. The second-order valence-electron chi connectivity index (χ2n) is 4.28. The summed E-state index contributed by atoms with van der Waals surface area (Å²) >= 11 is 1.07. The predicted octanol–water partition coefficient (Wildman–Crippen LogP) is 0.780. The Morgan fingerprint density at radius 1 is 1.17 bits per heavy atom. The number of fused-ring (bicyclic) bond motifs is 1. The highest BCUT2D eigenvalue weighted by Crippen LogP contribution is 2.12. The molecule has 8 heteroatoms. The minimum Gasteiger partial charge on any atom is -0.410 e. The van der Waals surface area contributed by atoms with E-state index in [-0.39, 0.29) is 12.5 Å². The van der Waals surface area contributed by atoms with Gasteiger partial charge in [-0.3, -0.25) is 0 Å². The van der Waals surface area contributed by atoms with Crippen LogP contribution >= 0.6 is 11.7 Å². The number of hydrogen-bond donors (Lipinski definition) is 0. The molecule has 94 valence electrons. The predicted molar refractivity (Wildman–Crippen MR) is 73.9 cm³/mol. The SMILES string of the molecule is COB(OC)c1c(F)cc(B(C)C)c2nsnc12. The number of hydrogen-bond acceptors (Lipinski definition) is 5. The van der Waals surface area contributed by atoms with E-state index in [1.54, 1.807) is 0 Å². The summed E-state index contributed by atoms with van der Waals surface area (Å²) in [7, 11) is 2.17. The van der Waals surface area contributed by atoms with Gasteiger partial charge in [-0.15, -0.1) is 0 Å². The molecule has 0 aliphatic heterocycles. The quantitative estimate of drug-likeness (QED) is 0.767. The molecule has 0 spiro atoms. The number of aromatic nitrogens is 2. The maximum absolute atomic E-state index is 14.2. The zero-order valence-corrected chi connectivity index (χ0v) is 11.5. The van der Waals surface area contributed by atoms with Crippen LogP contribution in [0.15, 0.2) is 6.07 Å². The van der Waals surface area contributed by atoms with E-state index in [1.807, 2.05) is 13.6 Å². The minimum atomic E-state index is -0.766. The first-order valence-corrected chi connectivity index (χ1v) is 6.33. The Kier molecular flexibility index (Phi) is 3.99. The first-order valence-electron chi connectivity index (χ1n) is 5.60. The van der Waals surface area contributed by atoms with Crippen LogP contribution in [-0.2, 0) is 9.31 Å². The van der Waals surface area contributed by atoms with Gasteiger partial charge in [0, 0.05) is 19.7 Å². The Morgan fingerprint density at radius 3 is 2.33 bits per heavy atom. The summed E-state index contributed by atoms with van der Waals surface area (Å²) in [5.41, 5.74) is 2.42. The van der Waals surface area contributed by atoms with E-state index in [4.69, 9.17) is 9.31 Å². The molecular formula is C10H13B2FN2O2S. The zero-order chi connectivity index (χ0) is 13.3. The van der Waals surface area contributed by atoms with Crippen molar-refractivity contribution in [2.45, 2.75) is 13.6 Å². The Morgan fingerprint density at radius 2 is 1.78 bits per heavy atom. The van der Waals surface area contributed by atoms with Gasteiger partial charge in [-0.25, -0.2) is 4.39 Å². The van der Waals surface area contributed by atoms with Gasteiger partial charge in [-0.1, -0.05) is 13.6 Å². The number of nitrogens with zero attached hydrogens (tertiary/aromatic N) is 2. The van der Waals surface area contributed by atoms with Crippen LogP contribution in [0.2, 0.25) is 13.6 Å². The molecule has 2 aromatic rings. The van der Waals surface area contributed by atoms with Crippen molar-refractivity contribution in [3.63, 3.8) is 0 Å². The summed E-state index contributed by atoms with van der Waals surface area (Å²) in [6, 6.07) is 1.49. The monoisotopic (exact) mass is 266 g/mol. The van der Waals surface area contributed by atoms with Gasteiger partial charge in [0.1, 0.15) is 11.3 Å². The Labute approximate surface area is 110 Å². The first kappa shape index (κ1) is 13.5. The third kappa shape index (κ3) is 2.15. The molecule has 2 rings (SSSR count). The molecule has 1 heterocycles. The molecule has 0 radical (unpaired) electrons. The van der Waals surface area contributed by atoms with Crippen molar-refractivity contribution in [2.75, 3.05) is 14.2 Å². The van der Waals surface area contributed by atoms with Crippen LogP contribution in [0.1, 0.15) is 0 Å². The van der Waals surface area contributed by atoms with Crippen LogP contribution in [0, 0.1) is 5.82 Å². The largest absolute Gasteiger partial charge is 0.498 e. The molecule has 0 aliphatic carbocycles. The lowest BCUT2D eigenvalue weighted by Gasteiger charge is -2.12. The Bertz CT molecular complexity index is 560. The molecule has 0 unspecified atom stereocenters. The van der Waals surface area contributed by atoms with Crippen molar-refractivity contribution in [3.05, 3.63) is 11.9 Å². The maximum Gasteiger partial charge on any atom is 0.498 e. The van der Waals surface area contributed by atoms with Crippen molar-refractivity contribution in [2.24, 2.45) is 0 Å². The second-order valence-corrected chi connectivity index (χ2v) is 4.81. The van der Waals surface area contributed by atoms with Crippen LogP contribution < -0.4 is 10.9 Å². The topological polar surface area (TPSA) is 44.2 Å².